The Hall–Kier alpha value is -3.14. The van der Waals surface area contributed by atoms with Gasteiger partial charge in [-0.1, -0.05) is 12.1 Å². The number of halogens is 3. The first-order chi connectivity index (χ1) is 15.5. The number of benzene rings is 1. The van der Waals surface area contributed by atoms with Crippen molar-refractivity contribution < 1.29 is 22.6 Å². The Morgan fingerprint density at radius 3 is 2.22 bits per heavy atom. The molecule has 4 heterocycles. The zero-order chi connectivity index (χ0) is 22.1. The molecule has 0 radical (unpaired) electrons. The number of alkyl halides is 3. The Balaban J connectivity index is 1.36. The smallest absolute Gasteiger partial charge is 0.417 e. The van der Waals surface area contributed by atoms with Gasteiger partial charge in [0.2, 0.25) is 5.88 Å². The number of anilines is 2. The summed E-state index contributed by atoms with van der Waals surface area (Å²) in [6.45, 7) is 4.01. The Morgan fingerprint density at radius 2 is 1.59 bits per heavy atom. The molecule has 1 unspecified atom stereocenters. The van der Waals surface area contributed by atoms with Crippen LogP contribution in [0.2, 0.25) is 0 Å². The minimum absolute atomic E-state index is 0.183. The molecule has 2 fully saturated rings. The second-order valence-electron chi connectivity index (χ2n) is 7.82. The summed E-state index contributed by atoms with van der Waals surface area (Å²) in [5, 5.41) is 0. The number of hydrogen-bond acceptors (Lipinski definition) is 7. The lowest BCUT2D eigenvalue weighted by atomic mass is 10.3. The Labute approximate surface area is 182 Å². The van der Waals surface area contributed by atoms with Gasteiger partial charge in [-0.2, -0.15) is 13.2 Å². The van der Waals surface area contributed by atoms with Gasteiger partial charge in [-0.25, -0.2) is 15.0 Å². The van der Waals surface area contributed by atoms with E-state index >= 15 is 0 Å². The van der Waals surface area contributed by atoms with Crippen LogP contribution in [0.1, 0.15) is 12.0 Å². The number of ether oxygens (including phenoxy) is 2. The van der Waals surface area contributed by atoms with Crippen LogP contribution in [0.15, 0.2) is 42.6 Å². The molecule has 3 aromatic rings. The van der Waals surface area contributed by atoms with Crippen LogP contribution >= 0.6 is 0 Å². The van der Waals surface area contributed by atoms with Crippen LogP contribution in [0.25, 0.3) is 11.0 Å². The normalized spacial score (nSPS) is 19.5. The van der Waals surface area contributed by atoms with Gasteiger partial charge >= 0.3 is 6.18 Å². The van der Waals surface area contributed by atoms with Crippen LogP contribution in [-0.2, 0) is 10.9 Å². The highest BCUT2D eigenvalue weighted by atomic mass is 19.4. The third kappa shape index (κ3) is 4.27. The Kier molecular flexibility index (Phi) is 5.46. The zero-order valence-corrected chi connectivity index (χ0v) is 17.3. The van der Waals surface area contributed by atoms with Crippen molar-refractivity contribution in [1.29, 1.82) is 0 Å². The summed E-state index contributed by atoms with van der Waals surface area (Å²) >= 11 is 0. The molecule has 2 aliphatic rings. The first-order valence-electron chi connectivity index (χ1n) is 10.5. The molecule has 168 valence electrons. The standard InChI is InChI=1S/C22H22F3N5O2/c23-22(24,25)15-5-6-19(26-13-15)32-16-7-8-30(14-16)21-20(29-9-11-31-12-10-29)27-17-3-1-2-4-18(17)28-21/h1-6,13,16H,7-12,14H2. The maximum Gasteiger partial charge on any atom is 0.417 e. The largest absolute Gasteiger partial charge is 0.472 e. The van der Waals surface area contributed by atoms with Crippen LogP contribution < -0.4 is 14.5 Å². The van der Waals surface area contributed by atoms with Crippen molar-refractivity contribution in [1.82, 2.24) is 15.0 Å². The molecule has 7 nitrogen and oxygen atoms in total. The molecule has 1 atom stereocenters. The molecule has 32 heavy (non-hydrogen) atoms. The third-order valence-electron chi connectivity index (χ3n) is 5.64. The summed E-state index contributed by atoms with van der Waals surface area (Å²) in [5.74, 6) is 1.79. The highest BCUT2D eigenvalue weighted by Crippen LogP contribution is 2.33. The molecule has 2 aromatic heterocycles. The average Bonchev–Trinajstić information content (AvgIpc) is 3.27. The van der Waals surface area contributed by atoms with E-state index in [1.165, 1.54) is 6.07 Å². The van der Waals surface area contributed by atoms with E-state index in [1.54, 1.807) is 0 Å². The number of rotatable bonds is 4. The number of pyridine rings is 1. The lowest BCUT2D eigenvalue weighted by Gasteiger charge is -2.31. The number of fused-ring (bicyclic) bond motifs is 1. The molecule has 0 N–H and O–H groups in total. The fraction of sp³-hybridized carbons (Fsp3) is 0.409. The quantitative estimate of drug-likeness (QED) is 0.609. The number of morpholine rings is 1. The number of nitrogens with zero attached hydrogens (tertiary/aromatic N) is 5. The fourth-order valence-electron chi connectivity index (χ4n) is 3.99. The van der Waals surface area contributed by atoms with Gasteiger partial charge in [-0.05, 0) is 18.2 Å². The maximum atomic E-state index is 12.8. The second kappa shape index (κ2) is 8.42. The van der Waals surface area contributed by atoms with Crippen LogP contribution in [-0.4, -0.2) is 60.4 Å². The van der Waals surface area contributed by atoms with Gasteiger partial charge in [0.25, 0.3) is 0 Å². The molecule has 10 heteroatoms. The van der Waals surface area contributed by atoms with E-state index in [0.29, 0.717) is 32.7 Å². The van der Waals surface area contributed by atoms with Crippen LogP contribution in [0.5, 0.6) is 5.88 Å². The van der Waals surface area contributed by atoms with E-state index in [-0.39, 0.29) is 12.0 Å². The van der Waals surface area contributed by atoms with Gasteiger partial charge in [0.05, 0.1) is 36.4 Å². The molecular formula is C22H22F3N5O2. The van der Waals surface area contributed by atoms with E-state index in [1.807, 2.05) is 24.3 Å². The Bertz CT molecular complexity index is 1090. The monoisotopic (exact) mass is 445 g/mol. The predicted octanol–water partition coefficient (Wildman–Crippen LogP) is 3.54. The minimum Gasteiger partial charge on any atom is -0.472 e. The third-order valence-corrected chi connectivity index (χ3v) is 5.64. The van der Waals surface area contributed by atoms with Gasteiger partial charge in [-0.15, -0.1) is 0 Å². The van der Waals surface area contributed by atoms with E-state index < -0.39 is 11.7 Å². The Morgan fingerprint density at radius 1 is 0.906 bits per heavy atom. The summed E-state index contributed by atoms with van der Waals surface area (Å²) in [6, 6.07) is 10.0. The first-order valence-corrected chi connectivity index (χ1v) is 10.5. The molecule has 0 bridgehead atoms. The molecule has 2 aliphatic heterocycles. The highest BCUT2D eigenvalue weighted by Gasteiger charge is 2.32. The van der Waals surface area contributed by atoms with Gasteiger partial charge in [0.1, 0.15) is 6.10 Å². The average molecular weight is 445 g/mol. The van der Waals surface area contributed by atoms with Gasteiger partial charge in [0, 0.05) is 38.3 Å². The van der Waals surface area contributed by atoms with Gasteiger partial charge < -0.3 is 19.3 Å². The predicted molar refractivity (Wildman–Crippen MR) is 113 cm³/mol. The van der Waals surface area contributed by atoms with Crippen LogP contribution in [0, 0.1) is 0 Å². The zero-order valence-electron chi connectivity index (χ0n) is 17.3. The molecule has 0 spiro atoms. The molecule has 0 amide bonds. The molecule has 1 aromatic carbocycles. The van der Waals surface area contributed by atoms with Crippen molar-refractivity contribution in [3.63, 3.8) is 0 Å². The second-order valence-corrected chi connectivity index (χ2v) is 7.82. The summed E-state index contributed by atoms with van der Waals surface area (Å²) in [6.07, 6.45) is -3.11. The summed E-state index contributed by atoms with van der Waals surface area (Å²) < 4.78 is 49.6. The van der Waals surface area contributed by atoms with Crippen LogP contribution in [0.3, 0.4) is 0 Å². The maximum absolute atomic E-state index is 12.8. The molecule has 5 rings (SSSR count). The lowest BCUT2D eigenvalue weighted by molar-refractivity contribution is -0.137. The summed E-state index contributed by atoms with van der Waals surface area (Å²) in [5.41, 5.74) is 0.853. The van der Waals surface area contributed by atoms with Gasteiger partial charge in [0.15, 0.2) is 11.6 Å². The van der Waals surface area contributed by atoms with Crippen molar-refractivity contribution in [2.75, 3.05) is 49.2 Å². The van der Waals surface area contributed by atoms with Crippen molar-refractivity contribution in [2.45, 2.75) is 18.7 Å². The minimum atomic E-state index is -4.42. The summed E-state index contributed by atoms with van der Waals surface area (Å²) in [7, 11) is 0. The number of para-hydroxylation sites is 2. The molecule has 2 saturated heterocycles. The van der Waals surface area contributed by atoms with Crippen molar-refractivity contribution in [2.24, 2.45) is 0 Å². The van der Waals surface area contributed by atoms with Crippen LogP contribution in [0.4, 0.5) is 24.8 Å². The molecule has 0 aliphatic carbocycles. The number of hydrogen-bond donors (Lipinski definition) is 0. The first kappa shape index (κ1) is 20.7. The highest BCUT2D eigenvalue weighted by molar-refractivity contribution is 5.81. The van der Waals surface area contributed by atoms with Gasteiger partial charge in [-0.3, -0.25) is 0 Å². The summed E-state index contributed by atoms with van der Waals surface area (Å²) in [4.78, 5) is 17.9. The van der Waals surface area contributed by atoms with E-state index in [0.717, 1.165) is 48.0 Å². The lowest BCUT2D eigenvalue weighted by Crippen LogP contribution is -2.38. The van der Waals surface area contributed by atoms with Crippen molar-refractivity contribution in [3.8, 4) is 5.88 Å². The van der Waals surface area contributed by atoms with Crippen molar-refractivity contribution in [3.05, 3.63) is 48.2 Å². The molecule has 0 saturated carbocycles. The fourth-order valence-corrected chi connectivity index (χ4v) is 3.99. The SMILES string of the molecule is FC(F)(F)c1ccc(OC2CCN(c3nc4ccccc4nc3N3CCOCC3)C2)nc1. The topological polar surface area (TPSA) is 63.6 Å². The number of aromatic nitrogens is 3. The van der Waals surface area contributed by atoms with E-state index in [9.17, 15) is 13.2 Å². The van der Waals surface area contributed by atoms with E-state index in [2.05, 4.69) is 14.8 Å². The van der Waals surface area contributed by atoms with Crippen molar-refractivity contribution >= 4 is 22.7 Å². The van der Waals surface area contributed by atoms with E-state index in [4.69, 9.17) is 19.4 Å². The molecular weight excluding hydrogens is 423 g/mol.